The molecule has 0 unspecified atom stereocenters. The molecule has 0 bridgehead atoms. The number of nitrogen functional groups attached to an aromatic ring is 1. The van der Waals surface area contributed by atoms with E-state index < -0.39 is 6.43 Å². The van der Waals surface area contributed by atoms with Crippen molar-refractivity contribution >= 4 is 21.6 Å². The van der Waals surface area contributed by atoms with Crippen LogP contribution in [-0.2, 0) is 0 Å². The van der Waals surface area contributed by atoms with Crippen molar-refractivity contribution in [3.8, 4) is 0 Å². The molecule has 1 aromatic rings. The second-order valence-electron chi connectivity index (χ2n) is 2.15. The van der Waals surface area contributed by atoms with Crippen LogP contribution in [0.15, 0.2) is 22.7 Å². The minimum Gasteiger partial charge on any atom is -0.324 e. The smallest absolute Gasteiger partial charge is 0.266 e. The summed E-state index contributed by atoms with van der Waals surface area (Å²) in [5, 5.41) is 0. The first-order chi connectivity index (χ1) is 5.66. The van der Waals surface area contributed by atoms with E-state index in [9.17, 15) is 8.78 Å². The van der Waals surface area contributed by atoms with Gasteiger partial charge in [0.05, 0.1) is 11.3 Å². The molecule has 0 saturated carbocycles. The van der Waals surface area contributed by atoms with Crippen LogP contribution in [0.5, 0.6) is 0 Å². The largest absolute Gasteiger partial charge is 0.324 e. The summed E-state index contributed by atoms with van der Waals surface area (Å²) < 4.78 is 25.1. The van der Waals surface area contributed by atoms with Gasteiger partial charge >= 0.3 is 0 Å². The molecule has 0 radical (unpaired) electrons. The Hall–Kier alpha value is -0.680. The first-order valence-corrected chi connectivity index (χ1v) is 3.99. The quantitative estimate of drug-likeness (QED) is 0.613. The molecule has 2 nitrogen and oxygen atoms in total. The predicted molar refractivity (Wildman–Crippen MR) is 46.9 cm³/mol. The highest BCUT2D eigenvalue weighted by Crippen LogP contribution is 2.32. The molecule has 0 spiro atoms. The summed E-state index contributed by atoms with van der Waals surface area (Å²) in [5.41, 5.74) is 2.33. The summed E-state index contributed by atoms with van der Waals surface area (Å²) in [6, 6.07) is 4.67. The van der Waals surface area contributed by atoms with Gasteiger partial charge in [0.2, 0.25) is 0 Å². The van der Waals surface area contributed by atoms with Crippen molar-refractivity contribution in [2.24, 2.45) is 5.84 Å². The topological polar surface area (TPSA) is 38.0 Å². The zero-order valence-corrected chi connectivity index (χ0v) is 7.61. The van der Waals surface area contributed by atoms with Gasteiger partial charge in [0.15, 0.2) is 0 Å². The summed E-state index contributed by atoms with van der Waals surface area (Å²) in [4.78, 5) is 0. The lowest BCUT2D eigenvalue weighted by molar-refractivity contribution is 0.151. The van der Waals surface area contributed by atoms with Crippen LogP contribution in [0.4, 0.5) is 14.5 Å². The van der Waals surface area contributed by atoms with Gasteiger partial charge in [0.25, 0.3) is 6.43 Å². The van der Waals surface area contributed by atoms with E-state index >= 15 is 0 Å². The van der Waals surface area contributed by atoms with Gasteiger partial charge in [-0.15, -0.1) is 0 Å². The van der Waals surface area contributed by atoms with Crippen molar-refractivity contribution in [2.75, 3.05) is 5.43 Å². The molecular weight excluding hydrogens is 230 g/mol. The van der Waals surface area contributed by atoms with Crippen molar-refractivity contribution < 1.29 is 8.78 Å². The van der Waals surface area contributed by atoms with Gasteiger partial charge < -0.3 is 5.43 Å². The van der Waals surface area contributed by atoms with Gasteiger partial charge in [-0.25, -0.2) is 8.78 Å². The summed E-state index contributed by atoms with van der Waals surface area (Å²) >= 11 is 3.01. The molecule has 3 N–H and O–H groups in total. The van der Waals surface area contributed by atoms with Crippen LogP contribution in [0.25, 0.3) is 0 Å². The third kappa shape index (κ3) is 1.73. The second-order valence-corrected chi connectivity index (χ2v) is 3.00. The maximum absolute atomic E-state index is 12.3. The normalized spacial score (nSPS) is 10.4. The third-order valence-electron chi connectivity index (χ3n) is 1.43. The van der Waals surface area contributed by atoms with Crippen LogP contribution in [0, 0.1) is 0 Å². The Morgan fingerprint density at radius 2 is 2.08 bits per heavy atom. The SMILES string of the molecule is NNc1cccc(Br)c1C(F)F. The molecule has 1 aromatic carbocycles. The molecule has 1 rings (SSSR count). The molecule has 0 aliphatic rings. The predicted octanol–water partition coefficient (Wildman–Crippen LogP) is 2.67. The zero-order chi connectivity index (χ0) is 9.14. The zero-order valence-electron chi connectivity index (χ0n) is 6.02. The molecule has 12 heavy (non-hydrogen) atoms. The number of halogens is 3. The van der Waals surface area contributed by atoms with E-state index in [4.69, 9.17) is 5.84 Å². The molecule has 5 heteroatoms. The number of nitrogens with one attached hydrogen (secondary N) is 1. The molecule has 0 amide bonds. The number of alkyl halides is 2. The van der Waals surface area contributed by atoms with Gasteiger partial charge in [-0.05, 0) is 12.1 Å². The number of hydrogen-bond donors (Lipinski definition) is 2. The fourth-order valence-electron chi connectivity index (χ4n) is 0.885. The Bertz CT molecular complexity index is 278. The maximum atomic E-state index is 12.3. The van der Waals surface area contributed by atoms with Crippen LogP contribution < -0.4 is 11.3 Å². The summed E-state index contributed by atoms with van der Waals surface area (Å²) in [5.74, 6) is 5.05. The van der Waals surface area contributed by atoms with Crippen LogP contribution in [0.3, 0.4) is 0 Å². The van der Waals surface area contributed by atoms with Crippen molar-refractivity contribution in [3.63, 3.8) is 0 Å². The van der Waals surface area contributed by atoms with Crippen molar-refractivity contribution in [1.29, 1.82) is 0 Å². The minimum absolute atomic E-state index is 0.111. The van der Waals surface area contributed by atoms with Gasteiger partial charge in [-0.1, -0.05) is 22.0 Å². The lowest BCUT2D eigenvalue weighted by atomic mass is 10.2. The van der Waals surface area contributed by atoms with Crippen molar-refractivity contribution in [3.05, 3.63) is 28.2 Å². The fourth-order valence-corrected chi connectivity index (χ4v) is 1.42. The monoisotopic (exact) mass is 236 g/mol. The van der Waals surface area contributed by atoms with Gasteiger partial charge in [-0.2, -0.15) is 0 Å². The summed E-state index contributed by atoms with van der Waals surface area (Å²) in [7, 11) is 0. The molecule has 0 aliphatic carbocycles. The molecular formula is C7H7BrF2N2. The Balaban J connectivity index is 3.20. The third-order valence-corrected chi connectivity index (χ3v) is 2.12. The maximum Gasteiger partial charge on any atom is 0.266 e. The Morgan fingerprint density at radius 1 is 1.42 bits per heavy atom. The highest BCUT2D eigenvalue weighted by Gasteiger charge is 2.15. The lowest BCUT2D eigenvalue weighted by Crippen LogP contribution is -2.09. The van der Waals surface area contributed by atoms with Crippen molar-refractivity contribution in [2.45, 2.75) is 6.43 Å². The number of hydrazine groups is 1. The number of benzene rings is 1. The van der Waals surface area contributed by atoms with Crippen LogP contribution in [-0.4, -0.2) is 0 Å². The Morgan fingerprint density at radius 3 is 2.50 bits per heavy atom. The minimum atomic E-state index is -2.54. The van der Waals surface area contributed by atoms with Crippen molar-refractivity contribution in [1.82, 2.24) is 0 Å². The lowest BCUT2D eigenvalue weighted by Gasteiger charge is -2.09. The summed E-state index contributed by atoms with van der Waals surface area (Å²) in [6.45, 7) is 0. The first-order valence-electron chi connectivity index (χ1n) is 3.20. The van der Waals surface area contributed by atoms with E-state index in [1.54, 1.807) is 12.1 Å². The van der Waals surface area contributed by atoms with Crippen LogP contribution in [0.1, 0.15) is 12.0 Å². The van der Waals surface area contributed by atoms with Gasteiger partial charge in [-0.3, -0.25) is 5.84 Å². The van der Waals surface area contributed by atoms with E-state index in [1.807, 2.05) is 0 Å². The average molecular weight is 237 g/mol. The van der Waals surface area contributed by atoms with E-state index in [-0.39, 0.29) is 11.3 Å². The van der Waals surface area contributed by atoms with E-state index in [2.05, 4.69) is 21.4 Å². The fraction of sp³-hybridized carbons (Fsp3) is 0.143. The number of nitrogens with two attached hydrogens (primary N) is 1. The molecule has 66 valence electrons. The molecule has 0 aliphatic heterocycles. The number of hydrogen-bond acceptors (Lipinski definition) is 2. The highest BCUT2D eigenvalue weighted by molar-refractivity contribution is 9.10. The van der Waals surface area contributed by atoms with E-state index in [1.165, 1.54) is 6.07 Å². The number of rotatable bonds is 2. The van der Waals surface area contributed by atoms with Gasteiger partial charge in [0.1, 0.15) is 0 Å². The van der Waals surface area contributed by atoms with Crippen LogP contribution >= 0.6 is 15.9 Å². The van der Waals surface area contributed by atoms with Gasteiger partial charge in [0, 0.05) is 4.47 Å². The van der Waals surface area contributed by atoms with E-state index in [0.717, 1.165) is 0 Å². The highest BCUT2D eigenvalue weighted by atomic mass is 79.9. The second kappa shape index (κ2) is 3.82. The molecule has 0 aromatic heterocycles. The first kappa shape index (κ1) is 9.41. The summed E-state index contributed by atoms with van der Waals surface area (Å²) in [6.07, 6.45) is -2.54. The molecule has 0 fully saturated rings. The Kier molecular flexibility index (Phi) is 2.99. The Labute approximate surface area is 76.9 Å². The average Bonchev–Trinajstić information content (AvgIpc) is 2.03. The molecule has 0 heterocycles. The standard InChI is InChI=1S/C7H7BrF2N2/c8-4-2-1-3-5(12-11)6(4)7(9)10/h1-3,7,12H,11H2. The molecule has 0 saturated heterocycles. The van der Waals surface area contributed by atoms with Crippen LogP contribution in [0.2, 0.25) is 0 Å². The molecule has 0 atom stereocenters. The van der Waals surface area contributed by atoms with E-state index in [0.29, 0.717) is 4.47 Å². The number of anilines is 1.